The summed E-state index contributed by atoms with van der Waals surface area (Å²) in [4.78, 5) is 0. The van der Waals surface area contributed by atoms with Crippen LogP contribution < -0.4 is 0 Å². The van der Waals surface area contributed by atoms with Gasteiger partial charge >= 0.3 is 0 Å². The molecule has 1 fully saturated rings. The van der Waals surface area contributed by atoms with E-state index in [-0.39, 0.29) is 0 Å². The van der Waals surface area contributed by atoms with Gasteiger partial charge in [0.2, 0.25) is 0 Å². The van der Waals surface area contributed by atoms with E-state index in [0.29, 0.717) is 0 Å². The van der Waals surface area contributed by atoms with Crippen molar-refractivity contribution >= 4 is 0 Å². The molecule has 1 aliphatic rings. The van der Waals surface area contributed by atoms with Crippen LogP contribution in [-0.4, -0.2) is 9.78 Å². The molecule has 0 unspecified atom stereocenters. The summed E-state index contributed by atoms with van der Waals surface area (Å²) in [6.45, 7) is 0. The van der Waals surface area contributed by atoms with Gasteiger partial charge in [-0.25, -0.2) is 4.68 Å². The maximum absolute atomic E-state index is 4.25. The molecule has 1 aromatic carbocycles. The molecule has 0 atom stereocenters. The van der Waals surface area contributed by atoms with E-state index in [1.807, 2.05) is 23.1 Å². The molecule has 3 rings (SSSR count). The Labute approximate surface area is 115 Å². The van der Waals surface area contributed by atoms with Gasteiger partial charge in [0.25, 0.3) is 0 Å². The molecule has 2 nitrogen and oxygen atoms in total. The highest BCUT2D eigenvalue weighted by molar-refractivity contribution is 5.33. The van der Waals surface area contributed by atoms with Gasteiger partial charge in [0.1, 0.15) is 0 Å². The first-order valence-corrected chi connectivity index (χ1v) is 7.51. The lowest BCUT2D eigenvalue weighted by atomic mass is 9.85. The second-order valence-corrected chi connectivity index (χ2v) is 5.66. The number of benzene rings is 1. The molecular formula is C17H22N2. The summed E-state index contributed by atoms with van der Waals surface area (Å²) < 4.78 is 1.91. The highest BCUT2D eigenvalue weighted by Gasteiger charge is 2.12. The van der Waals surface area contributed by atoms with Crippen molar-refractivity contribution in [2.75, 3.05) is 0 Å². The van der Waals surface area contributed by atoms with Crippen LogP contribution in [0.1, 0.15) is 44.1 Å². The maximum Gasteiger partial charge on any atom is 0.0645 e. The Morgan fingerprint density at radius 3 is 2.53 bits per heavy atom. The van der Waals surface area contributed by atoms with Gasteiger partial charge in [0, 0.05) is 12.4 Å². The fraction of sp³-hybridized carbons (Fsp3) is 0.471. The number of rotatable bonds is 4. The van der Waals surface area contributed by atoms with Crippen LogP contribution in [0.5, 0.6) is 0 Å². The third-order valence-electron chi connectivity index (χ3n) is 4.27. The predicted molar refractivity (Wildman–Crippen MR) is 78.5 cm³/mol. The summed E-state index contributed by atoms with van der Waals surface area (Å²) in [6.07, 6.45) is 13.6. The standard InChI is InChI=1S/C17H22N2/c1-2-5-15(6-3-1)7-8-16-9-11-17(12-10-16)19-14-4-13-18-19/h4,9-15H,1-3,5-8H2. The molecule has 1 aromatic heterocycles. The first-order valence-electron chi connectivity index (χ1n) is 7.51. The van der Waals surface area contributed by atoms with Crippen LogP contribution in [0.15, 0.2) is 42.7 Å². The third kappa shape index (κ3) is 3.25. The van der Waals surface area contributed by atoms with Crippen LogP contribution in [0, 0.1) is 5.92 Å². The average Bonchev–Trinajstić information content (AvgIpc) is 3.01. The summed E-state index contributed by atoms with van der Waals surface area (Å²) in [5.74, 6) is 0.972. The average molecular weight is 254 g/mol. The molecule has 0 amide bonds. The lowest BCUT2D eigenvalue weighted by molar-refractivity contribution is 0.339. The Bertz CT molecular complexity index is 478. The number of hydrogen-bond acceptors (Lipinski definition) is 1. The summed E-state index contributed by atoms with van der Waals surface area (Å²) >= 11 is 0. The molecule has 0 aliphatic heterocycles. The molecule has 2 heteroatoms. The first kappa shape index (κ1) is 12.5. The molecule has 0 N–H and O–H groups in total. The quantitative estimate of drug-likeness (QED) is 0.791. The molecule has 1 heterocycles. The topological polar surface area (TPSA) is 17.8 Å². The van der Waals surface area contributed by atoms with Crippen LogP contribution in [0.3, 0.4) is 0 Å². The minimum Gasteiger partial charge on any atom is -0.241 e. The van der Waals surface area contributed by atoms with E-state index >= 15 is 0 Å². The van der Waals surface area contributed by atoms with Crippen molar-refractivity contribution in [3.8, 4) is 5.69 Å². The largest absolute Gasteiger partial charge is 0.241 e. The molecule has 19 heavy (non-hydrogen) atoms. The van der Waals surface area contributed by atoms with E-state index in [1.165, 1.54) is 50.5 Å². The number of hydrogen-bond donors (Lipinski definition) is 0. The first-order chi connectivity index (χ1) is 9.42. The minimum atomic E-state index is 0.972. The van der Waals surface area contributed by atoms with Crippen LogP contribution in [0.25, 0.3) is 5.69 Å². The normalized spacial score (nSPS) is 16.6. The zero-order valence-electron chi connectivity index (χ0n) is 11.5. The summed E-state index contributed by atoms with van der Waals surface area (Å²) in [7, 11) is 0. The van der Waals surface area contributed by atoms with Gasteiger partial charge in [-0.05, 0) is 42.5 Å². The van der Waals surface area contributed by atoms with Crippen molar-refractivity contribution in [1.82, 2.24) is 9.78 Å². The molecule has 1 aliphatic carbocycles. The van der Waals surface area contributed by atoms with Gasteiger partial charge in [0.05, 0.1) is 5.69 Å². The zero-order chi connectivity index (χ0) is 12.9. The summed E-state index contributed by atoms with van der Waals surface area (Å²) in [5, 5.41) is 4.25. The Hall–Kier alpha value is -1.57. The SMILES string of the molecule is c1cnn(-c2ccc(CCC3CCCCC3)cc2)c1. The second-order valence-electron chi connectivity index (χ2n) is 5.66. The smallest absolute Gasteiger partial charge is 0.0645 e. The van der Waals surface area contributed by atoms with Gasteiger partial charge < -0.3 is 0 Å². The number of aryl methyl sites for hydroxylation is 1. The Balaban J connectivity index is 1.57. The van der Waals surface area contributed by atoms with Crippen LogP contribution in [0.2, 0.25) is 0 Å². The van der Waals surface area contributed by atoms with E-state index in [4.69, 9.17) is 0 Å². The van der Waals surface area contributed by atoms with Crippen molar-refractivity contribution in [3.05, 3.63) is 48.3 Å². The number of aromatic nitrogens is 2. The van der Waals surface area contributed by atoms with E-state index < -0.39 is 0 Å². The Kier molecular flexibility index (Phi) is 3.97. The molecule has 0 radical (unpaired) electrons. The Morgan fingerprint density at radius 1 is 1.05 bits per heavy atom. The Morgan fingerprint density at radius 2 is 1.84 bits per heavy atom. The lowest BCUT2D eigenvalue weighted by Gasteiger charge is -2.21. The van der Waals surface area contributed by atoms with Crippen molar-refractivity contribution < 1.29 is 0 Å². The fourth-order valence-corrected chi connectivity index (χ4v) is 3.08. The molecule has 0 saturated heterocycles. The number of nitrogens with zero attached hydrogens (tertiary/aromatic N) is 2. The van der Waals surface area contributed by atoms with Gasteiger partial charge in [-0.2, -0.15) is 5.10 Å². The molecule has 1 saturated carbocycles. The molecular weight excluding hydrogens is 232 g/mol. The van der Waals surface area contributed by atoms with E-state index in [0.717, 1.165) is 11.6 Å². The molecule has 100 valence electrons. The molecule has 2 aromatic rings. The van der Waals surface area contributed by atoms with Crippen LogP contribution in [0.4, 0.5) is 0 Å². The predicted octanol–water partition coefficient (Wildman–Crippen LogP) is 4.39. The van der Waals surface area contributed by atoms with Crippen molar-refractivity contribution in [2.24, 2.45) is 5.92 Å². The fourth-order valence-electron chi connectivity index (χ4n) is 3.08. The van der Waals surface area contributed by atoms with Crippen LogP contribution in [-0.2, 0) is 6.42 Å². The van der Waals surface area contributed by atoms with Crippen molar-refractivity contribution in [3.63, 3.8) is 0 Å². The van der Waals surface area contributed by atoms with E-state index in [2.05, 4.69) is 29.4 Å². The van der Waals surface area contributed by atoms with Crippen LogP contribution >= 0.6 is 0 Å². The van der Waals surface area contributed by atoms with Gasteiger partial charge in [-0.3, -0.25) is 0 Å². The monoisotopic (exact) mass is 254 g/mol. The van der Waals surface area contributed by atoms with Crippen molar-refractivity contribution in [1.29, 1.82) is 0 Å². The van der Waals surface area contributed by atoms with Gasteiger partial charge in [0.15, 0.2) is 0 Å². The summed E-state index contributed by atoms with van der Waals surface area (Å²) in [5.41, 5.74) is 2.60. The van der Waals surface area contributed by atoms with E-state index in [1.54, 1.807) is 0 Å². The highest BCUT2D eigenvalue weighted by Crippen LogP contribution is 2.27. The minimum absolute atomic E-state index is 0.972. The second kappa shape index (κ2) is 6.05. The molecule has 0 spiro atoms. The lowest BCUT2D eigenvalue weighted by Crippen LogP contribution is -2.07. The molecule has 0 bridgehead atoms. The van der Waals surface area contributed by atoms with Gasteiger partial charge in [-0.1, -0.05) is 44.2 Å². The highest BCUT2D eigenvalue weighted by atomic mass is 15.3. The zero-order valence-corrected chi connectivity index (χ0v) is 11.5. The summed E-state index contributed by atoms with van der Waals surface area (Å²) in [6, 6.07) is 10.8. The third-order valence-corrected chi connectivity index (χ3v) is 4.27. The van der Waals surface area contributed by atoms with Gasteiger partial charge in [-0.15, -0.1) is 0 Å². The van der Waals surface area contributed by atoms with E-state index in [9.17, 15) is 0 Å². The maximum atomic E-state index is 4.25. The van der Waals surface area contributed by atoms with Crippen molar-refractivity contribution in [2.45, 2.75) is 44.9 Å².